The van der Waals surface area contributed by atoms with Crippen molar-refractivity contribution in [2.24, 2.45) is 0 Å². The number of fused-ring (bicyclic) bond motifs is 18. The lowest BCUT2D eigenvalue weighted by Gasteiger charge is -2.46. The van der Waals surface area contributed by atoms with Gasteiger partial charge in [0.05, 0.1) is 27.8 Å². The van der Waals surface area contributed by atoms with E-state index in [1.54, 1.807) is 0 Å². The third-order valence-electron chi connectivity index (χ3n) is 23.8. The Labute approximate surface area is 629 Å². The molecule has 2 aliphatic heterocycles. The zero-order valence-electron chi connectivity index (χ0n) is 62.2. The van der Waals surface area contributed by atoms with Gasteiger partial charge in [0.25, 0.3) is 6.71 Å². The molecule has 3 nitrogen and oxygen atoms in total. The van der Waals surface area contributed by atoms with Gasteiger partial charge in [-0.3, -0.25) is 0 Å². The highest BCUT2D eigenvalue weighted by atomic mass is 15.2. The van der Waals surface area contributed by atoms with Crippen LogP contribution in [-0.4, -0.2) is 11.3 Å². The SMILES string of the molecule is CC(C)(C)c1cc(-c2ccc3c(c2)N(c2c(-c4ccccc4)cccc2-c2ccccc2)c2cc(C(C)(C)C)cc4c2B3c2ccc(-n3c5ccccc5c5c6c(ccc53)-c3ccccc3C63c5ccccc5-c5ccccc53)cc2N4c2c(-c3ccccc3)cccc2-c2ccccc2)cc(C(C)(C)C)c1. The van der Waals surface area contributed by atoms with E-state index >= 15 is 0 Å². The van der Waals surface area contributed by atoms with Gasteiger partial charge in [0.15, 0.2) is 0 Å². The molecule has 15 aromatic carbocycles. The molecule has 0 N–H and O–H groups in total. The third-order valence-corrected chi connectivity index (χ3v) is 23.8. The van der Waals surface area contributed by atoms with Gasteiger partial charge >= 0.3 is 0 Å². The minimum atomic E-state index is -0.558. The maximum atomic E-state index is 2.72. The van der Waals surface area contributed by atoms with Crippen molar-refractivity contribution in [1.82, 2.24) is 4.57 Å². The summed E-state index contributed by atoms with van der Waals surface area (Å²) in [5.41, 5.74) is 39.1. The normalized spacial score (nSPS) is 13.7. The number of hydrogen-bond donors (Lipinski definition) is 0. The molecular weight excluding hydrogens is 1290 g/mol. The molecule has 4 heteroatoms. The number of benzene rings is 15. The smallest absolute Gasteiger partial charge is 0.252 e. The largest absolute Gasteiger partial charge is 0.310 e. The van der Waals surface area contributed by atoms with E-state index in [-0.39, 0.29) is 23.0 Å². The van der Waals surface area contributed by atoms with Crippen molar-refractivity contribution in [2.75, 3.05) is 9.80 Å². The average Bonchev–Trinajstić information content (AvgIpc) is 1.54. The van der Waals surface area contributed by atoms with Crippen LogP contribution in [0.5, 0.6) is 0 Å². The lowest BCUT2D eigenvalue weighted by atomic mass is 9.33. The second kappa shape index (κ2) is 23.9. The number of anilines is 6. The van der Waals surface area contributed by atoms with E-state index in [1.165, 1.54) is 116 Å². The number of aromatic nitrogens is 1. The van der Waals surface area contributed by atoms with Gasteiger partial charge in [-0.25, -0.2) is 0 Å². The molecule has 0 amide bonds. The first-order chi connectivity index (χ1) is 52.0. The monoisotopic (exact) mass is 1370 g/mol. The first-order valence-electron chi connectivity index (χ1n) is 38.1. The zero-order valence-corrected chi connectivity index (χ0v) is 62.2. The predicted molar refractivity (Wildman–Crippen MR) is 454 cm³/mol. The number of rotatable bonds is 8. The van der Waals surface area contributed by atoms with Crippen molar-refractivity contribution in [1.29, 1.82) is 0 Å². The van der Waals surface area contributed by atoms with Gasteiger partial charge in [-0.05, 0) is 170 Å². The van der Waals surface area contributed by atoms with Gasteiger partial charge in [0.1, 0.15) is 0 Å². The lowest BCUT2D eigenvalue weighted by Crippen LogP contribution is -2.61. The summed E-state index contributed by atoms with van der Waals surface area (Å²) in [5.74, 6) is 0. The Morgan fingerprint density at radius 1 is 0.271 bits per heavy atom. The van der Waals surface area contributed by atoms with Crippen LogP contribution in [0.3, 0.4) is 0 Å². The minimum Gasteiger partial charge on any atom is -0.310 e. The van der Waals surface area contributed by atoms with Crippen molar-refractivity contribution in [3.63, 3.8) is 0 Å². The molecular formula is C103H82BN3. The highest BCUT2D eigenvalue weighted by Gasteiger charge is 2.53. The molecule has 0 saturated heterocycles. The summed E-state index contributed by atoms with van der Waals surface area (Å²) >= 11 is 0. The average molecular weight is 1370 g/mol. The molecule has 0 fully saturated rings. The highest BCUT2D eigenvalue weighted by Crippen LogP contribution is 2.65. The number of para-hydroxylation sites is 3. The Bertz CT molecular complexity index is 6110. The van der Waals surface area contributed by atoms with Crippen molar-refractivity contribution < 1.29 is 0 Å². The molecule has 0 bridgehead atoms. The van der Waals surface area contributed by atoms with Gasteiger partial charge in [0, 0.05) is 61.5 Å². The molecule has 2 aliphatic carbocycles. The topological polar surface area (TPSA) is 11.4 Å². The Hall–Kier alpha value is -12.2. The van der Waals surface area contributed by atoms with E-state index in [9.17, 15) is 0 Å². The van der Waals surface area contributed by atoms with Crippen molar-refractivity contribution in [2.45, 2.75) is 84.0 Å². The second-order valence-corrected chi connectivity index (χ2v) is 33.1. The molecule has 0 saturated carbocycles. The fourth-order valence-corrected chi connectivity index (χ4v) is 18.8. The van der Waals surface area contributed by atoms with Crippen LogP contribution >= 0.6 is 0 Å². The molecule has 512 valence electrons. The van der Waals surface area contributed by atoms with Crippen LogP contribution in [0.4, 0.5) is 34.1 Å². The van der Waals surface area contributed by atoms with Crippen LogP contribution < -0.4 is 26.2 Å². The van der Waals surface area contributed by atoms with Gasteiger partial charge in [0.2, 0.25) is 0 Å². The predicted octanol–water partition coefficient (Wildman–Crippen LogP) is 25.4. The molecule has 1 aromatic heterocycles. The van der Waals surface area contributed by atoms with Crippen LogP contribution in [-0.2, 0) is 21.7 Å². The first-order valence-corrected chi connectivity index (χ1v) is 38.1. The van der Waals surface area contributed by atoms with Gasteiger partial charge in [-0.15, -0.1) is 0 Å². The van der Waals surface area contributed by atoms with Crippen LogP contribution in [0.2, 0.25) is 0 Å². The summed E-state index contributed by atoms with van der Waals surface area (Å²) in [6, 6.07) is 128. The summed E-state index contributed by atoms with van der Waals surface area (Å²) in [7, 11) is 0. The molecule has 0 atom stereocenters. The van der Waals surface area contributed by atoms with Gasteiger partial charge in [-0.2, -0.15) is 0 Å². The zero-order chi connectivity index (χ0) is 72.4. The fraction of sp³-hybridized carbons (Fsp3) is 0.126. The maximum Gasteiger partial charge on any atom is 0.252 e. The Morgan fingerprint density at radius 2 is 0.664 bits per heavy atom. The van der Waals surface area contributed by atoms with Crippen molar-refractivity contribution >= 4 is 79.0 Å². The highest BCUT2D eigenvalue weighted by molar-refractivity contribution is 7.00. The molecule has 4 aliphatic rings. The standard InChI is InChI=1S/C103H82BN3/c1-100(2,3)71-58-70(59-72(61-71)101(4,5)6)69-52-55-87-91(60-69)106(98-75(65-32-14-10-15-33-65)44-30-45-76(98)66-34-16-11-17-35-66)93-62-73(102(7,8)9)63-94-97(93)104(87)88-56-53-74(64-92(88)107(94)99-77(67-36-18-12-19-37-67)46-31-47-78(99)68-38-20-13-21-39-68)105-89-51-29-25-43-83(89)95-90(105)57-54-82-81-42-24-28-50-86(81)103(96(82)95)84-48-26-22-40-79(84)80-41-23-27-49-85(80)103/h10-64H,1-9H3. The van der Waals surface area contributed by atoms with E-state index in [0.29, 0.717) is 0 Å². The molecule has 0 radical (unpaired) electrons. The van der Waals surface area contributed by atoms with Crippen LogP contribution in [0, 0.1) is 0 Å². The van der Waals surface area contributed by atoms with Crippen molar-refractivity contribution in [3.8, 4) is 83.6 Å². The van der Waals surface area contributed by atoms with Crippen molar-refractivity contribution in [3.05, 3.63) is 373 Å². The summed E-state index contributed by atoms with van der Waals surface area (Å²) < 4.78 is 2.60. The van der Waals surface area contributed by atoms with E-state index in [4.69, 9.17) is 0 Å². The first kappa shape index (κ1) is 64.4. The summed E-state index contributed by atoms with van der Waals surface area (Å²) in [6.45, 7) is 21.1. The quantitative estimate of drug-likeness (QED) is 0.141. The molecule has 0 unspecified atom stereocenters. The van der Waals surface area contributed by atoms with E-state index in [1.807, 2.05) is 0 Å². The molecule has 3 heterocycles. The lowest BCUT2D eigenvalue weighted by molar-refractivity contribution is 0.569. The van der Waals surface area contributed by atoms with E-state index < -0.39 is 5.41 Å². The Kier molecular flexibility index (Phi) is 14.4. The van der Waals surface area contributed by atoms with E-state index in [0.717, 1.165) is 78.6 Å². The van der Waals surface area contributed by atoms with Gasteiger partial charge < -0.3 is 14.4 Å². The third kappa shape index (κ3) is 9.74. The Balaban J connectivity index is 0.929. The fourth-order valence-electron chi connectivity index (χ4n) is 18.8. The molecule has 107 heavy (non-hydrogen) atoms. The second-order valence-electron chi connectivity index (χ2n) is 33.1. The Morgan fingerprint density at radius 3 is 1.13 bits per heavy atom. The molecule has 16 aromatic rings. The van der Waals surface area contributed by atoms with Crippen LogP contribution in [0.1, 0.15) is 101 Å². The summed E-state index contributed by atoms with van der Waals surface area (Å²) in [4.78, 5) is 5.44. The van der Waals surface area contributed by atoms with Crippen LogP contribution in [0.15, 0.2) is 334 Å². The molecule has 20 rings (SSSR count). The van der Waals surface area contributed by atoms with Gasteiger partial charge in [-0.1, -0.05) is 353 Å². The number of nitrogens with zero attached hydrogens (tertiary/aromatic N) is 3. The number of hydrogen-bond acceptors (Lipinski definition) is 2. The van der Waals surface area contributed by atoms with E-state index in [2.05, 4.69) is 410 Å². The van der Waals surface area contributed by atoms with Crippen LogP contribution in [0.25, 0.3) is 105 Å². The minimum absolute atomic E-state index is 0.0914. The maximum absolute atomic E-state index is 2.72. The molecule has 1 spiro atoms. The summed E-state index contributed by atoms with van der Waals surface area (Å²) in [6.07, 6.45) is 0. The summed E-state index contributed by atoms with van der Waals surface area (Å²) in [5, 5.41) is 2.52.